The van der Waals surface area contributed by atoms with Gasteiger partial charge in [0.25, 0.3) is 0 Å². The van der Waals surface area contributed by atoms with Crippen LogP contribution in [0.15, 0.2) is 30.3 Å². The standard InChI is InChI=1S/C9H10ClIO/c10-6-8(11)7-12-9-4-2-1-3-5-9/h1-5,8H,6-7H2. The predicted octanol–water partition coefficient (Wildman–Crippen LogP) is 3.11. The molecule has 1 aromatic rings. The van der Waals surface area contributed by atoms with E-state index in [0.717, 1.165) is 5.75 Å². The molecule has 1 rings (SSSR count). The van der Waals surface area contributed by atoms with Crippen LogP contribution in [0.2, 0.25) is 0 Å². The molecule has 0 N–H and O–H groups in total. The molecule has 1 aromatic carbocycles. The molecule has 1 atom stereocenters. The van der Waals surface area contributed by atoms with Crippen molar-refractivity contribution in [1.29, 1.82) is 0 Å². The summed E-state index contributed by atoms with van der Waals surface area (Å²) in [7, 11) is 0. The lowest BCUT2D eigenvalue weighted by molar-refractivity contribution is 0.327. The quantitative estimate of drug-likeness (QED) is 0.613. The molecule has 0 aliphatic carbocycles. The minimum Gasteiger partial charge on any atom is -0.492 e. The molecular weight excluding hydrogens is 286 g/mol. The summed E-state index contributed by atoms with van der Waals surface area (Å²) in [4.78, 5) is 0. The van der Waals surface area contributed by atoms with Crippen LogP contribution in [-0.4, -0.2) is 16.4 Å². The molecular formula is C9H10ClIO. The van der Waals surface area contributed by atoms with Gasteiger partial charge in [-0.05, 0) is 12.1 Å². The van der Waals surface area contributed by atoms with Crippen molar-refractivity contribution in [3.8, 4) is 5.75 Å². The molecule has 66 valence electrons. The monoisotopic (exact) mass is 296 g/mol. The van der Waals surface area contributed by atoms with E-state index in [1.165, 1.54) is 0 Å². The minimum atomic E-state index is 0.379. The van der Waals surface area contributed by atoms with Crippen molar-refractivity contribution < 1.29 is 4.74 Å². The molecule has 0 amide bonds. The molecule has 0 saturated heterocycles. The van der Waals surface area contributed by atoms with Gasteiger partial charge in [0.15, 0.2) is 0 Å². The Hall–Kier alpha value is 0.0400. The molecule has 0 aromatic heterocycles. The first-order chi connectivity index (χ1) is 5.83. The van der Waals surface area contributed by atoms with E-state index in [1.54, 1.807) is 0 Å². The van der Waals surface area contributed by atoms with E-state index in [-0.39, 0.29) is 0 Å². The van der Waals surface area contributed by atoms with Crippen LogP contribution >= 0.6 is 34.2 Å². The number of halogens is 2. The normalized spacial score (nSPS) is 12.5. The minimum absolute atomic E-state index is 0.379. The highest BCUT2D eigenvalue weighted by Crippen LogP contribution is 2.11. The van der Waals surface area contributed by atoms with Crippen LogP contribution in [-0.2, 0) is 0 Å². The zero-order valence-electron chi connectivity index (χ0n) is 6.54. The number of hydrogen-bond acceptors (Lipinski definition) is 1. The molecule has 0 saturated carbocycles. The number of ether oxygens (including phenoxy) is 1. The van der Waals surface area contributed by atoms with Gasteiger partial charge in [-0.2, -0.15) is 0 Å². The molecule has 1 unspecified atom stereocenters. The number of hydrogen-bond donors (Lipinski definition) is 0. The molecule has 3 heteroatoms. The Bertz CT molecular complexity index is 215. The number of alkyl halides is 2. The van der Waals surface area contributed by atoms with Gasteiger partial charge < -0.3 is 4.74 Å². The van der Waals surface area contributed by atoms with E-state index in [0.29, 0.717) is 16.4 Å². The summed E-state index contributed by atoms with van der Waals surface area (Å²) in [6.45, 7) is 0.675. The van der Waals surface area contributed by atoms with Crippen molar-refractivity contribution in [2.75, 3.05) is 12.5 Å². The smallest absolute Gasteiger partial charge is 0.119 e. The highest BCUT2D eigenvalue weighted by Gasteiger charge is 2.01. The second kappa shape index (κ2) is 5.65. The Morgan fingerprint density at radius 1 is 1.33 bits per heavy atom. The van der Waals surface area contributed by atoms with Gasteiger partial charge in [0.1, 0.15) is 12.4 Å². The van der Waals surface area contributed by atoms with Crippen molar-refractivity contribution in [2.45, 2.75) is 3.92 Å². The summed E-state index contributed by atoms with van der Waals surface area (Å²) < 4.78 is 5.85. The third-order valence-corrected chi connectivity index (χ3v) is 3.03. The molecule has 0 fully saturated rings. The van der Waals surface area contributed by atoms with Crippen LogP contribution in [0.1, 0.15) is 0 Å². The Morgan fingerprint density at radius 3 is 2.58 bits per heavy atom. The number of benzene rings is 1. The van der Waals surface area contributed by atoms with Gasteiger partial charge in [0, 0.05) is 5.88 Å². The summed E-state index contributed by atoms with van der Waals surface area (Å²) in [6, 6.07) is 9.77. The van der Waals surface area contributed by atoms with Gasteiger partial charge in [-0.15, -0.1) is 11.6 Å². The third-order valence-electron chi connectivity index (χ3n) is 1.34. The van der Waals surface area contributed by atoms with Crippen LogP contribution in [0.4, 0.5) is 0 Å². The van der Waals surface area contributed by atoms with Crippen LogP contribution in [0.25, 0.3) is 0 Å². The summed E-state index contributed by atoms with van der Waals surface area (Å²) in [5.41, 5.74) is 0. The first kappa shape index (κ1) is 10.1. The molecule has 12 heavy (non-hydrogen) atoms. The molecule has 0 radical (unpaired) electrons. The molecule has 0 spiro atoms. The lowest BCUT2D eigenvalue weighted by atomic mass is 10.3. The maximum Gasteiger partial charge on any atom is 0.119 e. The second-order valence-electron chi connectivity index (χ2n) is 2.38. The Kier molecular flexibility index (Phi) is 4.76. The van der Waals surface area contributed by atoms with Crippen molar-refractivity contribution in [1.82, 2.24) is 0 Å². The summed E-state index contributed by atoms with van der Waals surface area (Å²) in [5, 5.41) is 0. The van der Waals surface area contributed by atoms with E-state index in [1.807, 2.05) is 30.3 Å². The van der Waals surface area contributed by atoms with E-state index in [4.69, 9.17) is 16.3 Å². The highest BCUT2D eigenvalue weighted by molar-refractivity contribution is 14.1. The lowest BCUT2D eigenvalue weighted by Crippen LogP contribution is -2.12. The van der Waals surface area contributed by atoms with Gasteiger partial charge in [-0.25, -0.2) is 0 Å². The Balaban J connectivity index is 2.33. The largest absolute Gasteiger partial charge is 0.492 e. The van der Waals surface area contributed by atoms with E-state index >= 15 is 0 Å². The average Bonchev–Trinajstić information content (AvgIpc) is 2.16. The maximum absolute atomic E-state index is 5.63. The van der Waals surface area contributed by atoms with Crippen LogP contribution in [0.3, 0.4) is 0 Å². The molecule has 0 aliphatic heterocycles. The molecule has 1 nitrogen and oxygen atoms in total. The molecule has 0 aliphatic rings. The van der Waals surface area contributed by atoms with Crippen LogP contribution in [0, 0.1) is 0 Å². The van der Waals surface area contributed by atoms with Gasteiger partial charge >= 0.3 is 0 Å². The Labute approximate surface area is 91.2 Å². The highest BCUT2D eigenvalue weighted by atomic mass is 127. The van der Waals surface area contributed by atoms with E-state index < -0.39 is 0 Å². The van der Waals surface area contributed by atoms with Crippen molar-refractivity contribution in [3.63, 3.8) is 0 Å². The summed E-state index contributed by atoms with van der Waals surface area (Å²) in [5.74, 6) is 1.54. The van der Waals surface area contributed by atoms with Crippen LogP contribution < -0.4 is 4.74 Å². The molecule has 0 heterocycles. The Morgan fingerprint density at radius 2 is 2.00 bits per heavy atom. The van der Waals surface area contributed by atoms with E-state index in [2.05, 4.69) is 22.6 Å². The third kappa shape index (κ3) is 3.63. The summed E-state index contributed by atoms with van der Waals surface area (Å²) >= 11 is 7.91. The first-order valence-corrected chi connectivity index (χ1v) is 5.49. The zero-order valence-corrected chi connectivity index (χ0v) is 9.46. The second-order valence-corrected chi connectivity index (χ2v) is 4.45. The average molecular weight is 297 g/mol. The maximum atomic E-state index is 5.63. The first-order valence-electron chi connectivity index (χ1n) is 3.71. The van der Waals surface area contributed by atoms with Gasteiger partial charge in [-0.3, -0.25) is 0 Å². The molecule has 0 bridgehead atoms. The fourth-order valence-corrected chi connectivity index (χ4v) is 1.02. The van der Waals surface area contributed by atoms with Crippen molar-refractivity contribution in [2.24, 2.45) is 0 Å². The predicted molar refractivity (Wildman–Crippen MR) is 60.5 cm³/mol. The topological polar surface area (TPSA) is 9.23 Å². The SMILES string of the molecule is ClCC(I)COc1ccccc1. The fourth-order valence-electron chi connectivity index (χ4n) is 0.748. The van der Waals surface area contributed by atoms with Gasteiger partial charge in [0.2, 0.25) is 0 Å². The van der Waals surface area contributed by atoms with Crippen molar-refractivity contribution >= 4 is 34.2 Å². The number of rotatable bonds is 4. The lowest BCUT2D eigenvalue weighted by Gasteiger charge is -2.08. The summed E-state index contributed by atoms with van der Waals surface area (Å²) in [6.07, 6.45) is 0. The van der Waals surface area contributed by atoms with E-state index in [9.17, 15) is 0 Å². The van der Waals surface area contributed by atoms with Gasteiger partial charge in [-0.1, -0.05) is 40.8 Å². The van der Waals surface area contributed by atoms with Gasteiger partial charge in [0.05, 0.1) is 3.92 Å². The van der Waals surface area contributed by atoms with Crippen molar-refractivity contribution in [3.05, 3.63) is 30.3 Å². The number of para-hydroxylation sites is 1. The van der Waals surface area contributed by atoms with Crippen LogP contribution in [0.5, 0.6) is 5.75 Å². The zero-order chi connectivity index (χ0) is 8.81. The fraction of sp³-hybridized carbons (Fsp3) is 0.333.